The molecule has 3 rings (SSSR count). The molecule has 0 saturated heterocycles. The minimum absolute atomic E-state index is 0. The summed E-state index contributed by atoms with van der Waals surface area (Å²) in [6.45, 7) is 6.44. The van der Waals surface area contributed by atoms with E-state index in [9.17, 15) is 14.7 Å². The third-order valence-electron chi connectivity index (χ3n) is 7.72. The Labute approximate surface area is 269 Å². The first-order valence-electron chi connectivity index (χ1n) is 14.8. The summed E-state index contributed by atoms with van der Waals surface area (Å²) in [5.74, 6) is 1.04. The van der Waals surface area contributed by atoms with Crippen LogP contribution >= 0.6 is 23.5 Å². The second-order valence-corrected chi connectivity index (χ2v) is 13.2. The summed E-state index contributed by atoms with van der Waals surface area (Å²) in [7, 11) is 0. The van der Waals surface area contributed by atoms with Crippen LogP contribution in [0.25, 0.3) is 11.1 Å². The van der Waals surface area contributed by atoms with E-state index in [1.54, 1.807) is 11.8 Å². The Morgan fingerprint density at radius 1 is 1.10 bits per heavy atom. The van der Waals surface area contributed by atoms with Crippen molar-refractivity contribution in [2.75, 3.05) is 17.8 Å². The summed E-state index contributed by atoms with van der Waals surface area (Å²) in [6, 6.07) is 13.0. The molecule has 1 saturated carbocycles. The molecule has 41 heavy (non-hydrogen) atoms. The van der Waals surface area contributed by atoms with E-state index in [2.05, 4.69) is 25.2 Å². The Hall–Kier alpha value is -1.36. The smallest absolute Gasteiger partial charge is 1.00 e. The van der Waals surface area contributed by atoms with Gasteiger partial charge < -0.3 is 16.6 Å². The van der Waals surface area contributed by atoms with E-state index in [1.165, 1.54) is 32.1 Å². The molecule has 0 bridgehead atoms. The average molecular weight is 594 g/mol. The van der Waals surface area contributed by atoms with Gasteiger partial charge in [0.1, 0.15) is 11.5 Å². The molecule has 3 unspecified atom stereocenters. The maximum absolute atomic E-state index is 13.5. The Balaban J connectivity index is 0.00000441. The van der Waals surface area contributed by atoms with Crippen LogP contribution in [0.5, 0.6) is 0 Å². The fourth-order valence-corrected chi connectivity index (χ4v) is 7.19. The summed E-state index contributed by atoms with van der Waals surface area (Å²) in [5, 5.41) is 12.5. The first-order chi connectivity index (χ1) is 19.3. The molecule has 222 valence electrons. The number of hydrogen-bond acceptors (Lipinski definition) is 5. The molecule has 1 amide bonds. The van der Waals surface area contributed by atoms with Crippen molar-refractivity contribution >= 4 is 35.4 Å². The van der Waals surface area contributed by atoms with Gasteiger partial charge in [0.05, 0.1) is 6.10 Å². The van der Waals surface area contributed by atoms with Crippen LogP contribution in [0.15, 0.2) is 42.5 Å². The second kappa shape index (κ2) is 19.0. The monoisotopic (exact) mass is 593 g/mol. The number of hydrogen-bond donors (Lipinski definition) is 2. The van der Waals surface area contributed by atoms with Crippen LogP contribution in [0.3, 0.4) is 0 Å². The van der Waals surface area contributed by atoms with E-state index in [0.29, 0.717) is 17.7 Å². The van der Waals surface area contributed by atoms with Crippen LogP contribution in [-0.2, 0) is 9.53 Å². The normalized spacial score (nSPS) is 15.9. The zero-order valence-corrected chi connectivity index (χ0v) is 27.3. The molecule has 0 radical (unpaired) electrons. The molecule has 0 spiro atoms. The van der Waals surface area contributed by atoms with Gasteiger partial charge in [-0.2, -0.15) is 11.8 Å². The topological polar surface area (TPSA) is 75.6 Å². The van der Waals surface area contributed by atoms with Crippen LogP contribution in [0.4, 0.5) is 0 Å². The molecular formula is C33H48LiNO4S2. The van der Waals surface area contributed by atoms with Gasteiger partial charge in [-0.25, -0.2) is 4.79 Å². The van der Waals surface area contributed by atoms with Gasteiger partial charge in [-0.1, -0.05) is 75.8 Å². The largest absolute Gasteiger partial charge is 1.00 e. The van der Waals surface area contributed by atoms with Crippen molar-refractivity contribution in [3.8, 4) is 11.1 Å². The van der Waals surface area contributed by atoms with E-state index >= 15 is 0 Å². The van der Waals surface area contributed by atoms with Crippen molar-refractivity contribution in [3.63, 3.8) is 0 Å². The number of ether oxygens (including phenoxy) is 1. The summed E-state index contributed by atoms with van der Waals surface area (Å²) < 4.78 is 6.73. The van der Waals surface area contributed by atoms with Crippen LogP contribution in [0, 0.1) is 12.8 Å². The number of unbranched alkanes of at least 4 members (excludes halogenated alkanes) is 1. The molecule has 3 atom stereocenters. The second-order valence-electron chi connectivity index (χ2n) is 11.0. The maximum atomic E-state index is 13.5. The molecule has 1 aliphatic rings. The molecule has 2 aromatic rings. The van der Waals surface area contributed by atoms with Crippen LogP contribution in [0.2, 0.25) is 0 Å². The van der Waals surface area contributed by atoms with Gasteiger partial charge in [0.2, 0.25) is 0 Å². The van der Waals surface area contributed by atoms with Crippen molar-refractivity contribution in [2.24, 2.45) is 5.92 Å². The maximum Gasteiger partial charge on any atom is 1.00 e. The minimum atomic E-state index is -1.01. The number of amides is 1. The zero-order valence-electron chi connectivity index (χ0n) is 26.6. The molecule has 0 aliphatic heterocycles. The number of benzene rings is 2. The Kier molecular flexibility index (Phi) is 16.6. The van der Waals surface area contributed by atoms with E-state index in [-0.39, 0.29) is 37.7 Å². The van der Waals surface area contributed by atoms with Crippen molar-refractivity contribution < 1.29 is 39.7 Å². The fraction of sp³-hybridized carbons (Fsp3) is 0.576. The SMILES string of the molecule is CCCCSC(OC(C)CC1CCCCC1)c1ccc(C(=O)NC(CCSC)C(=O)O)c(-c2ccccc2C)c1.[H-].[Li+]. The van der Waals surface area contributed by atoms with Crippen molar-refractivity contribution in [1.29, 1.82) is 0 Å². The van der Waals surface area contributed by atoms with Crippen molar-refractivity contribution in [1.82, 2.24) is 5.32 Å². The number of thioether (sulfide) groups is 2. The van der Waals surface area contributed by atoms with Gasteiger partial charge in [-0.3, -0.25) is 4.79 Å². The molecule has 1 fully saturated rings. The van der Waals surface area contributed by atoms with E-state index < -0.39 is 12.0 Å². The zero-order chi connectivity index (χ0) is 28.9. The van der Waals surface area contributed by atoms with Crippen molar-refractivity contribution in [3.05, 3.63) is 59.2 Å². The Morgan fingerprint density at radius 2 is 1.83 bits per heavy atom. The first-order valence-corrected chi connectivity index (χ1v) is 17.3. The molecule has 0 aromatic heterocycles. The molecule has 1 aliphatic carbocycles. The summed E-state index contributed by atoms with van der Waals surface area (Å²) in [4.78, 5) is 25.4. The van der Waals surface area contributed by atoms with E-state index in [4.69, 9.17) is 4.74 Å². The van der Waals surface area contributed by atoms with Gasteiger partial charge >= 0.3 is 24.8 Å². The standard InChI is InChI=1S/C33H47NO4S2.Li.H/c1-5-6-19-40-33(38-24(3)21-25-13-8-7-9-14-25)26-16-17-28(29(22-26)27-15-11-10-12-23(27)2)31(35)34-30(32(36)37)18-20-39-4;;/h10-12,15-17,22,24-25,30,33H,5-9,13-14,18-21H2,1-4H3,(H,34,35)(H,36,37);;/q;+1;-1. The molecule has 2 aromatic carbocycles. The number of carboxylic acids is 1. The summed E-state index contributed by atoms with van der Waals surface area (Å²) >= 11 is 3.40. The quantitative estimate of drug-likeness (QED) is 0.150. The number of carbonyl (C=O) groups excluding carboxylic acids is 1. The fourth-order valence-electron chi connectivity index (χ4n) is 5.44. The molecule has 8 heteroatoms. The molecular weight excluding hydrogens is 545 g/mol. The number of aliphatic carboxylic acids is 1. The predicted molar refractivity (Wildman–Crippen MR) is 171 cm³/mol. The average Bonchev–Trinajstić information content (AvgIpc) is 2.95. The van der Waals surface area contributed by atoms with Gasteiger partial charge in [0, 0.05) is 5.56 Å². The minimum Gasteiger partial charge on any atom is -1.00 e. The van der Waals surface area contributed by atoms with Gasteiger partial charge in [-0.15, -0.1) is 11.8 Å². The van der Waals surface area contributed by atoms with Crippen molar-refractivity contribution in [2.45, 2.75) is 96.1 Å². The number of carbonyl (C=O) groups is 2. The Morgan fingerprint density at radius 3 is 2.49 bits per heavy atom. The first kappa shape index (κ1) is 35.8. The molecule has 0 heterocycles. The Bertz CT molecular complexity index is 1100. The third-order valence-corrected chi connectivity index (χ3v) is 9.58. The predicted octanol–water partition coefficient (Wildman–Crippen LogP) is 5.62. The van der Waals surface area contributed by atoms with Crippen LogP contribution < -0.4 is 24.2 Å². The number of nitrogens with one attached hydrogen (secondary N) is 1. The van der Waals surface area contributed by atoms with E-state index in [1.807, 2.05) is 61.3 Å². The number of aryl methyl sites for hydroxylation is 1. The van der Waals surface area contributed by atoms with Gasteiger partial charge in [0.15, 0.2) is 0 Å². The summed E-state index contributed by atoms with van der Waals surface area (Å²) in [6.07, 6.45) is 12.4. The third kappa shape index (κ3) is 11.3. The molecule has 2 N–H and O–H groups in total. The number of carboxylic acid groups (broad SMARTS) is 1. The van der Waals surface area contributed by atoms with Crippen LogP contribution in [0.1, 0.15) is 100.0 Å². The number of rotatable bonds is 16. The van der Waals surface area contributed by atoms with Gasteiger partial charge in [0.25, 0.3) is 5.91 Å². The van der Waals surface area contributed by atoms with Crippen LogP contribution in [-0.4, -0.2) is 46.9 Å². The summed E-state index contributed by atoms with van der Waals surface area (Å²) in [5.41, 5.74) is 4.25. The van der Waals surface area contributed by atoms with E-state index in [0.717, 1.165) is 53.2 Å². The molecule has 5 nitrogen and oxygen atoms in total. The van der Waals surface area contributed by atoms with Gasteiger partial charge in [-0.05, 0) is 91.2 Å².